The first-order valence-electron chi connectivity index (χ1n) is 11.1. The van der Waals surface area contributed by atoms with Crippen LogP contribution in [0.2, 0.25) is 0 Å². The number of carbonyl (C=O) groups excluding carboxylic acids is 5. The van der Waals surface area contributed by atoms with E-state index in [-0.39, 0.29) is 23.7 Å². The van der Waals surface area contributed by atoms with E-state index in [9.17, 15) is 24.0 Å². The van der Waals surface area contributed by atoms with Crippen LogP contribution in [0.3, 0.4) is 0 Å². The number of ether oxygens (including phenoxy) is 1. The highest BCUT2D eigenvalue weighted by Gasteiger charge is 2.39. The molecule has 0 saturated carbocycles. The molecule has 3 heterocycles. The van der Waals surface area contributed by atoms with Gasteiger partial charge in [0, 0.05) is 13.0 Å². The van der Waals surface area contributed by atoms with E-state index in [1.54, 1.807) is 13.8 Å². The predicted molar refractivity (Wildman–Crippen MR) is 110 cm³/mol. The molecule has 3 N–H and O–H groups in total. The summed E-state index contributed by atoms with van der Waals surface area (Å²) in [5.41, 5.74) is 0. The largest absolute Gasteiger partial charge is 0.365 e. The van der Waals surface area contributed by atoms with Gasteiger partial charge in [0.05, 0.1) is 6.61 Å². The van der Waals surface area contributed by atoms with Crippen molar-refractivity contribution in [2.45, 2.75) is 89.1 Å². The average molecular weight is 437 g/mol. The van der Waals surface area contributed by atoms with E-state index < -0.39 is 36.0 Å². The highest BCUT2D eigenvalue weighted by Crippen LogP contribution is 2.20. The van der Waals surface area contributed by atoms with Crippen LogP contribution in [0, 0.1) is 0 Å². The molecule has 5 unspecified atom stereocenters. The molecule has 3 fully saturated rings. The third-order valence-electron chi connectivity index (χ3n) is 6.06. The second-order valence-electron chi connectivity index (χ2n) is 8.60. The van der Waals surface area contributed by atoms with Crippen molar-refractivity contribution >= 4 is 29.4 Å². The smallest absolute Gasteiger partial charge is 0.245 e. The highest BCUT2D eigenvalue weighted by atomic mass is 16.6. The summed E-state index contributed by atoms with van der Waals surface area (Å²) >= 11 is 0. The Balaban J connectivity index is 1.62. The fourth-order valence-electron chi connectivity index (χ4n) is 4.09. The van der Waals surface area contributed by atoms with Crippen LogP contribution >= 0.6 is 0 Å². The Labute approximate surface area is 181 Å². The molecule has 10 heteroatoms. The van der Waals surface area contributed by atoms with E-state index in [1.807, 2.05) is 0 Å². The first-order chi connectivity index (χ1) is 14.8. The number of epoxide rings is 1. The van der Waals surface area contributed by atoms with Gasteiger partial charge in [0.2, 0.25) is 23.6 Å². The Morgan fingerprint density at radius 2 is 1.68 bits per heavy atom. The van der Waals surface area contributed by atoms with Crippen LogP contribution in [-0.4, -0.2) is 77.7 Å². The molecule has 31 heavy (non-hydrogen) atoms. The average Bonchev–Trinajstić information content (AvgIpc) is 3.47. The lowest BCUT2D eigenvalue weighted by atomic mass is 10.0. The summed E-state index contributed by atoms with van der Waals surface area (Å²) < 4.78 is 4.97. The summed E-state index contributed by atoms with van der Waals surface area (Å²) in [6, 6.07) is -3.07. The Morgan fingerprint density at radius 1 is 0.968 bits per heavy atom. The third kappa shape index (κ3) is 6.03. The topological polar surface area (TPSA) is 137 Å². The van der Waals surface area contributed by atoms with Gasteiger partial charge in [-0.15, -0.1) is 0 Å². The highest BCUT2D eigenvalue weighted by molar-refractivity contribution is 5.97. The first kappa shape index (κ1) is 23.2. The SMILES string of the molecule is CC1NC(=O)C(CCCCCC(=O)C2CO2)NC(=O)C2CCCN2C(=O)C(C)NC1=O. The van der Waals surface area contributed by atoms with Gasteiger partial charge in [-0.1, -0.05) is 12.8 Å². The minimum absolute atomic E-state index is 0.108. The van der Waals surface area contributed by atoms with Gasteiger partial charge in [-0.05, 0) is 39.5 Å². The van der Waals surface area contributed by atoms with E-state index in [0.29, 0.717) is 51.7 Å². The zero-order valence-electron chi connectivity index (χ0n) is 18.1. The number of ketones is 1. The summed E-state index contributed by atoms with van der Waals surface area (Å²) in [6.45, 7) is 4.08. The van der Waals surface area contributed by atoms with Crippen LogP contribution in [0.4, 0.5) is 0 Å². The van der Waals surface area contributed by atoms with E-state index in [1.165, 1.54) is 4.90 Å². The fraction of sp³-hybridized carbons (Fsp3) is 0.762. The molecule has 0 aromatic carbocycles. The molecular formula is C21H32N4O6. The van der Waals surface area contributed by atoms with Crippen LogP contribution in [0.15, 0.2) is 0 Å². The number of nitrogens with zero attached hydrogens (tertiary/aromatic N) is 1. The van der Waals surface area contributed by atoms with Crippen molar-refractivity contribution in [2.75, 3.05) is 13.2 Å². The standard InChI is InChI=1S/C21H32N4O6/c1-12-18(27)23-13(2)21(30)25-10-6-8-15(25)20(29)24-14(19(28)22-12)7-4-3-5-9-16(26)17-11-31-17/h12-15,17H,3-11H2,1-2H3,(H,22,28)(H,23,27)(H,24,29). The van der Waals surface area contributed by atoms with E-state index in [2.05, 4.69) is 16.0 Å². The molecule has 3 aliphatic rings. The number of fused-ring (bicyclic) bond motifs is 1. The van der Waals surface area contributed by atoms with E-state index >= 15 is 0 Å². The number of hydrogen-bond donors (Lipinski definition) is 3. The number of carbonyl (C=O) groups is 5. The molecule has 0 aromatic heterocycles. The summed E-state index contributed by atoms with van der Waals surface area (Å²) in [5, 5.41) is 8.05. The van der Waals surface area contributed by atoms with Crippen molar-refractivity contribution < 1.29 is 28.7 Å². The number of rotatable bonds is 7. The van der Waals surface area contributed by atoms with E-state index in [4.69, 9.17) is 4.74 Å². The number of hydrogen-bond acceptors (Lipinski definition) is 6. The molecular weight excluding hydrogens is 404 g/mol. The van der Waals surface area contributed by atoms with Gasteiger partial charge < -0.3 is 25.6 Å². The Kier molecular flexibility index (Phi) is 7.64. The maximum atomic E-state index is 12.9. The van der Waals surface area contributed by atoms with Crippen molar-refractivity contribution in [1.29, 1.82) is 0 Å². The number of amides is 4. The van der Waals surface area contributed by atoms with Gasteiger partial charge in [-0.25, -0.2) is 0 Å². The van der Waals surface area contributed by atoms with Gasteiger partial charge in [-0.2, -0.15) is 0 Å². The zero-order valence-corrected chi connectivity index (χ0v) is 18.1. The monoisotopic (exact) mass is 436 g/mol. The van der Waals surface area contributed by atoms with Gasteiger partial charge in [0.15, 0.2) is 5.78 Å². The second kappa shape index (κ2) is 10.2. The quantitative estimate of drug-likeness (QED) is 0.360. The zero-order chi connectivity index (χ0) is 22.5. The molecule has 172 valence electrons. The van der Waals surface area contributed by atoms with Crippen LogP contribution in [0.25, 0.3) is 0 Å². The summed E-state index contributed by atoms with van der Waals surface area (Å²) in [7, 11) is 0. The Bertz CT molecular complexity index is 737. The molecule has 4 amide bonds. The lowest BCUT2D eigenvalue weighted by Gasteiger charge is -2.30. The summed E-state index contributed by atoms with van der Waals surface area (Å²) in [4.78, 5) is 64.0. The van der Waals surface area contributed by atoms with Crippen LogP contribution in [-0.2, 0) is 28.7 Å². The van der Waals surface area contributed by atoms with Crippen LogP contribution < -0.4 is 16.0 Å². The number of Topliss-reactive ketones (excluding diaryl/α,β-unsaturated/α-hetero) is 1. The predicted octanol–water partition coefficient (Wildman–Crippen LogP) is -0.596. The molecule has 0 radical (unpaired) electrons. The molecule has 10 nitrogen and oxygen atoms in total. The second-order valence-corrected chi connectivity index (χ2v) is 8.60. The van der Waals surface area contributed by atoms with E-state index in [0.717, 1.165) is 6.42 Å². The molecule has 0 aliphatic carbocycles. The lowest BCUT2D eigenvalue weighted by Crippen LogP contribution is -2.60. The molecule has 3 rings (SSSR count). The van der Waals surface area contributed by atoms with Crippen molar-refractivity contribution in [1.82, 2.24) is 20.9 Å². The molecule has 0 spiro atoms. The van der Waals surface area contributed by atoms with Gasteiger partial charge in [0.1, 0.15) is 30.3 Å². The third-order valence-corrected chi connectivity index (χ3v) is 6.06. The van der Waals surface area contributed by atoms with Gasteiger partial charge in [-0.3, -0.25) is 24.0 Å². The fourth-order valence-corrected chi connectivity index (χ4v) is 4.09. The molecule has 3 aliphatic heterocycles. The van der Waals surface area contributed by atoms with Crippen LogP contribution in [0.5, 0.6) is 0 Å². The van der Waals surface area contributed by atoms with Crippen molar-refractivity contribution in [3.63, 3.8) is 0 Å². The lowest BCUT2D eigenvalue weighted by molar-refractivity contribution is -0.143. The van der Waals surface area contributed by atoms with Crippen molar-refractivity contribution in [3.8, 4) is 0 Å². The maximum absolute atomic E-state index is 12.9. The first-order valence-corrected chi connectivity index (χ1v) is 11.1. The van der Waals surface area contributed by atoms with Gasteiger partial charge in [0.25, 0.3) is 0 Å². The summed E-state index contributed by atoms with van der Waals surface area (Å²) in [5.74, 6) is -1.42. The van der Waals surface area contributed by atoms with Gasteiger partial charge >= 0.3 is 0 Å². The maximum Gasteiger partial charge on any atom is 0.245 e. The molecule has 5 atom stereocenters. The molecule has 3 saturated heterocycles. The minimum atomic E-state index is -0.841. The number of nitrogens with one attached hydrogen (secondary N) is 3. The minimum Gasteiger partial charge on any atom is -0.365 e. The Hall–Kier alpha value is -2.49. The molecule has 0 bridgehead atoms. The number of unbranched alkanes of at least 4 members (excludes halogenated alkanes) is 2. The summed E-state index contributed by atoms with van der Waals surface area (Å²) in [6.07, 6.45) is 3.89. The van der Waals surface area contributed by atoms with Crippen molar-refractivity contribution in [2.24, 2.45) is 0 Å². The van der Waals surface area contributed by atoms with Crippen molar-refractivity contribution in [3.05, 3.63) is 0 Å². The van der Waals surface area contributed by atoms with Crippen LogP contribution in [0.1, 0.15) is 58.8 Å². The normalized spacial score (nSPS) is 31.7. The Morgan fingerprint density at radius 3 is 2.39 bits per heavy atom. The molecule has 0 aromatic rings.